The number of nitrogens with two attached hydrogens (primary N) is 1. The van der Waals surface area contributed by atoms with E-state index in [0.29, 0.717) is 17.8 Å². The van der Waals surface area contributed by atoms with Crippen LogP contribution in [0.4, 0.5) is 11.4 Å². The minimum absolute atomic E-state index is 0.0831. The van der Waals surface area contributed by atoms with E-state index in [1.807, 2.05) is 37.3 Å². The van der Waals surface area contributed by atoms with Gasteiger partial charge in [0.2, 0.25) is 5.91 Å². The Kier molecular flexibility index (Phi) is 4.83. The molecule has 3 N–H and O–H groups in total. The fourth-order valence-electron chi connectivity index (χ4n) is 1.96. The van der Waals surface area contributed by atoms with E-state index in [0.717, 1.165) is 20.1 Å². The molecule has 2 rings (SSSR count). The minimum Gasteiger partial charge on any atom is -0.397 e. The summed E-state index contributed by atoms with van der Waals surface area (Å²) in [6.45, 7) is 1.91. The van der Waals surface area contributed by atoms with Gasteiger partial charge in [0.1, 0.15) is 0 Å². The molecule has 2 aromatic rings. The summed E-state index contributed by atoms with van der Waals surface area (Å²) < 4.78 is 1.86. The van der Waals surface area contributed by atoms with Crippen LogP contribution in [0, 0.1) is 6.92 Å². The average Bonchev–Trinajstić information content (AvgIpc) is 2.33. The molecular formula is C15H14Br2N2O. The van der Waals surface area contributed by atoms with Crippen molar-refractivity contribution >= 4 is 49.1 Å². The van der Waals surface area contributed by atoms with Gasteiger partial charge in [-0.1, -0.05) is 44.0 Å². The summed E-state index contributed by atoms with van der Waals surface area (Å²) in [7, 11) is 0. The molecule has 0 atom stereocenters. The molecule has 0 aliphatic heterocycles. The lowest BCUT2D eigenvalue weighted by Crippen LogP contribution is -2.16. The van der Waals surface area contributed by atoms with Gasteiger partial charge < -0.3 is 11.1 Å². The predicted molar refractivity (Wildman–Crippen MR) is 89.8 cm³/mol. The van der Waals surface area contributed by atoms with Crippen LogP contribution < -0.4 is 11.1 Å². The summed E-state index contributed by atoms with van der Waals surface area (Å²) in [6.07, 6.45) is 0.314. The Balaban J connectivity index is 2.13. The molecule has 5 heteroatoms. The van der Waals surface area contributed by atoms with Crippen LogP contribution in [0.3, 0.4) is 0 Å². The Bertz CT molecular complexity index is 633. The number of hydrogen-bond donors (Lipinski definition) is 2. The number of hydrogen-bond acceptors (Lipinski definition) is 2. The molecule has 0 aliphatic carbocycles. The van der Waals surface area contributed by atoms with Gasteiger partial charge in [0.25, 0.3) is 0 Å². The first kappa shape index (κ1) is 15.1. The van der Waals surface area contributed by atoms with Gasteiger partial charge in [-0.2, -0.15) is 0 Å². The van der Waals surface area contributed by atoms with Crippen LogP contribution in [0.2, 0.25) is 0 Å². The smallest absolute Gasteiger partial charge is 0.228 e. The van der Waals surface area contributed by atoms with Crippen LogP contribution in [0.25, 0.3) is 0 Å². The zero-order chi connectivity index (χ0) is 14.7. The lowest BCUT2D eigenvalue weighted by Gasteiger charge is -2.12. The highest BCUT2D eigenvalue weighted by atomic mass is 79.9. The third kappa shape index (κ3) is 3.84. The first-order chi connectivity index (χ1) is 9.45. The highest BCUT2D eigenvalue weighted by Gasteiger charge is 2.10. The molecule has 0 aliphatic rings. The average molecular weight is 398 g/mol. The predicted octanol–water partition coefficient (Wildman–Crippen LogP) is 4.28. The molecule has 0 spiro atoms. The monoisotopic (exact) mass is 396 g/mol. The third-order valence-corrected chi connectivity index (χ3v) is 3.80. The molecule has 0 saturated heterocycles. The van der Waals surface area contributed by atoms with Crippen molar-refractivity contribution in [3.8, 4) is 0 Å². The summed E-state index contributed by atoms with van der Waals surface area (Å²) in [4.78, 5) is 12.1. The van der Waals surface area contributed by atoms with E-state index in [4.69, 9.17) is 5.73 Å². The summed E-state index contributed by atoms with van der Waals surface area (Å²) in [6, 6.07) is 11.4. The van der Waals surface area contributed by atoms with E-state index >= 15 is 0 Å². The van der Waals surface area contributed by atoms with E-state index in [9.17, 15) is 4.79 Å². The van der Waals surface area contributed by atoms with Crippen LogP contribution in [0.5, 0.6) is 0 Å². The normalized spacial score (nSPS) is 10.3. The molecule has 0 fully saturated rings. The van der Waals surface area contributed by atoms with Crippen LogP contribution in [-0.4, -0.2) is 5.91 Å². The summed E-state index contributed by atoms with van der Waals surface area (Å²) in [5.74, 6) is -0.0831. The zero-order valence-electron chi connectivity index (χ0n) is 10.9. The molecule has 0 bridgehead atoms. The highest BCUT2D eigenvalue weighted by molar-refractivity contribution is 9.10. The topological polar surface area (TPSA) is 55.1 Å². The van der Waals surface area contributed by atoms with E-state index < -0.39 is 0 Å². The number of anilines is 2. The molecule has 20 heavy (non-hydrogen) atoms. The first-order valence-corrected chi connectivity index (χ1v) is 7.64. The molecule has 3 nitrogen and oxygen atoms in total. The molecule has 0 unspecified atom stereocenters. The van der Waals surface area contributed by atoms with E-state index in [1.165, 1.54) is 0 Å². The number of rotatable bonds is 3. The van der Waals surface area contributed by atoms with E-state index in [1.54, 1.807) is 6.07 Å². The molecule has 0 heterocycles. The molecule has 0 radical (unpaired) electrons. The zero-order valence-corrected chi connectivity index (χ0v) is 14.1. The number of nitrogen functional groups attached to an aromatic ring is 1. The molecular weight excluding hydrogens is 384 g/mol. The van der Waals surface area contributed by atoms with Crippen molar-refractivity contribution in [2.45, 2.75) is 13.3 Å². The third-order valence-electron chi connectivity index (χ3n) is 2.85. The van der Waals surface area contributed by atoms with Gasteiger partial charge in [-0.15, -0.1) is 0 Å². The maximum atomic E-state index is 12.1. The van der Waals surface area contributed by atoms with Gasteiger partial charge in [-0.3, -0.25) is 4.79 Å². The Morgan fingerprint density at radius 2 is 1.95 bits per heavy atom. The fraction of sp³-hybridized carbons (Fsp3) is 0.133. The van der Waals surface area contributed by atoms with Crippen molar-refractivity contribution in [3.63, 3.8) is 0 Å². The van der Waals surface area contributed by atoms with Crippen molar-refractivity contribution in [3.05, 3.63) is 56.5 Å². The maximum absolute atomic E-state index is 12.1. The second-order valence-corrected chi connectivity index (χ2v) is 6.37. The largest absolute Gasteiger partial charge is 0.397 e. The highest BCUT2D eigenvalue weighted by Crippen LogP contribution is 2.28. The lowest BCUT2D eigenvalue weighted by atomic mass is 10.1. The van der Waals surface area contributed by atoms with Gasteiger partial charge in [-0.05, 0) is 42.3 Å². The Morgan fingerprint density at radius 1 is 1.20 bits per heavy atom. The Hall–Kier alpha value is -1.33. The molecule has 2 aromatic carbocycles. The van der Waals surface area contributed by atoms with Gasteiger partial charge >= 0.3 is 0 Å². The van der Waals surface area contributed by atoms with Crippen LogP contribution in [-0.2, 0) is 11.2 Å². The second kappa shape index (κ2) is 6.41. The van der Waals surface area contributed by atoms with Crippen LogP contribution in [0.1, 0.15) is 11.1 Å². The van der Waals surface area contributed by atoms with Crippen molar-refractivity contribution in [1.82, 2.24) is 0 Å². The number of aryl methyl sites for hydroxylation is 1. The summed E-state index contributed by atoms with van der Waals surface area (Å²) in [5.41, 5.74) is 9.04. The number of amides is 1. The Labute approximate surface area is 134 Å². The van der Waals surface area contributed by atoms with Crippen molar-refractivity contribution in [2.24, 2.45) is 0 Å². The van der Waals surface area contributed by atoms with E-state index in [2.05, 4.69) is 37.2 Å². The van der Waals surface area contributed by atoms with Gasteiger partial charge in [0, 0.05) is 8.95 Å². The van der Waals surface area contributed by atoms with Crippen molar-refractivity contribution in [2.75, 3.05) is 11.1 Å². The first-order valence-electron chi connectivity index (χ1n) is 6.05. The van der Waals surface area contributed by atoms with Gasteiger partial charge in [-0.25, -0.2) is 0 Å². The summed E-state index contributed by atoms with van der Waals surface area (Å²) >= 11 is 6.77. The minimum atomic E-state index is -0.0831. The van der Waals surface area contributed by atoms with Crippen LogP contribution in [0.15, 0.2) is 45.3 Å². The fourth-order valence-corrected chi connectivity index (χ4v) is 2.99. The molecule has 0 aromatic heterocycles. The lowest BCUT2D eigenvalue weighted by molar-refractivity contribution is -0.115. The van der Waals surface area contributed by atoms with Gasteiger partial charge in [0.15, 0.2) is 0 Å². The standard InChI is InChI=1S/C15H14Br2N2O/c1-9-5-12(17)8-13(18)15(9)19-14(20)7-10-3-2-4-11(16)6-10/h2-6,8H,7,18H2,1H3,(H,19,20). The van der Waals surface area contributed by atoms with Gasteiger partial charge in [0.05, 0.1) is 17.8 Å². The van der Waals surface area contributed by atoms with Crippen LogP contribution >= 0.6 is 31.9 Å². The number of nitrogens with one attached hydrogen (secondary N) is 1. The molecule has 0 saturated carbocycles. The van der Waals surface area contributed by atoms with Crippen molar-refractivity contribution < 1.29 is 4.79 Å². The summed E-state index contributed by atoms with van der Waals surface area (Å²) in [5, 5.41) is 2.87. The molecule has 1 amide bonds. The number of benzene rings is 2. The quantitative estimate of drug-likeness (QED) is 0.759. The van der Waals surface area contributed by atoms with E-state index in [-0.39, 0.29) is 5.91 Å². The number of carbonyl (C=O) groups excluding carboxylic acids is 1. The Morgan fingerprint density at radius 3 is 2.60 bits per heavy atom. The molecule has 104 valence electrons. The second-order valence-electron chi connectivity index (χ2n) is 4.54. The number of carbonyl (C=O) groups is 1. The number of halogens is 2. The SMILES string of the molecule is Cc1cc(Br)cc(N)c1NC(=O)Cc1cccc(Br)c1. The maximum Gasteiger partial charge on any atom is 0.228 e. The van der Waals surface area contributed by atoms with Crippen molar-refractivity contribution in [1.29, 1.82) is 0 Å².